The highest BCUT2D eigenvalue weighted by Gasteiger charge is 2.14. The Balaban J connectivity index is 1.89. The quantitative estimate of drug-likeness (QED) is 0.661. The van der Waals surface area contributed by atoms with Crippen molar-refractivity contribution in [2.75, 3.05) is 18.6 Å². The number of rotatable bonds is 7. The van der Waals surface area contributed by atoms with Crippen molar-refractivity contribution in [3.8, 4) is 11.6 Å². The minimum atomic E-state index is -1.00. The number of nitrogens with zero attached hydrogens (tertiary/aromatic N) is 4. The molecule has 0 aliphatic carbocycles. The van der Waals surface area contributed by atoms with E-state index in [1.165, 1.54) is 18.1 Å². The second-order valence-electron chi connectivity index (χ2n) is 6.41. The van der Waals surface area contributed by atoms with Crippen LogP contribution in [0.3, 0.4) is 0 Å². The highest BCUT2D eigenvalue weighted by Crippen LogP contribution is 2.18. The molecule has 0 radical (unpaired) electrons. The number of methoxy groups -OCH3 is 1. The van der Waals surface area contributed by atoms with Gasteiger partial charge in [-0.3, -0.25) is 9.69 Å². The highest BCUT2D eigenvalue weighted by molar-refractivity contribution is 5.86. The van der Waals surface area contributed by atoms with Gasteiger partial charge in [0.1, 0.15) is 5.69 Å². The molecule has 0 aliphatic heterocycles. The Morgan fingerprint density at radius 1 is 1.24 bits per heavy atom. The lowest BCUT2D eigenvalue weighted by atomic mass is 10.1. The maximum absolute atomic E-state index is 12.3. The predicted molar refractivity (Wildman–Crippen MR) is 109 cm³/mol. The fourth-order valence-electron chi connectivity index (χ4n) is 2.93. The number of carboxylic acid groups (broad SMARTS) is 1. The van der Waals surface area contributed by atoms with Crippen molar-refractivity contribution < 1.29 is 14.6 Å². The molecule has 8 nitrogen and oxygen atoms in total. The third-order valence-electron chi connectivity index (χ3n) is 4.35. The average molecular weight is 394 g/mol. The second-order valence-corrected chi connectivity index (χ2v) is 6.41. The molecule has 1 aromatic carbocycles. The van der Waals surface area contributed by atoms with Crippen LogP contribution in [0.2, 0.25) is 0 Å². The zero-order valence-electron chi connectivity index (χ0n) is 16.3. The maximum atomic E-state index is 12.3. The number of benzene rings is 1. The summed E-state index contributed by atoms with van der Waals surface area (Å²) in [4.78, 5) is 29.3. The third kappa shape index (κ3) is 4.78. The first-order valence-corrected chi connectivity index (χ1v) is 9.20. The van der Waals surface area contributed by atoms with Crippen LogP contribution in [0.25, 0.3) is 5.69 Å². The molecule has 8 heteroatoms. The summed E-state index contributed by atoms with van der Waals surface area (Å²) in [5, 5.41) is 13.9. The number of hydrogen-bond acceptors (Lipinski definition) is 5. The van der Waals surface area contributed by atoms with E-state index in [-0.39, 0.29) is 11.8 Å². The van der Waals surface area contributed by atoms with E-state index in [0.29, 0.717) is 35.9 Å². The fourth-order valence-corrected chi connectivity index (χ4v) is 2.93. The molecule has 1 amide bonds. The highest BCUT2D eigenvalue weighted by atomic mass is 16.5. The first-order valence-electron chi connectivity index (χ1n) is 9.20. The van der Waals surface area contributed by atoms with Gasteiger partial charge in [0, 0.05) is 37.0 Å². The summed E-state index contributed by atoms with van der Waals surface area (Å²) in [6, 6.07) is 12.1. The lowest BCUT2D eigenvalue weighted by Crippen LogP contribution is -2.29. The smallest absolute Gasteiger partial charge is 0.411 e. The fraction of sp³-hybridized carbons (Fsp3) is 0.238. The maximum Gasteiger partial charge on any atom is 0.411 e. The van der Waals surface area contributed by atoms with Crippen LogP contribution in [-0.2, 0) is 6.42 Å². The third-order valence-corrected chi connectivity index (χ3v) is 4.35. The van der Waals surface area contributed by atoms with E-state index in [9.17, 15) is 14.7 Å². The molecular formula is C21H22N4O4. The Morgan fingerprint density at radius 3 is 2.72 bits per heavy atom. The number of carbonyl (C=O) groups is 1. The van der Waals surface area contributed by atoms with Gasteiger partial charge in [0.25, 0.3) is 0 Å². The Morgan fingerprint density at radius 2 is 2.07 bits per heavy atom. The van der Waals surface area contributed by atoms with Crippen LogP contribution in [0.15, 0.2) is 59.7 Å². The van der Waals surface area contributed by atoms with E-state index in [1.54, 1.807) is 47.4 Å². The van der Waals surface area contributed by atoms with Crippen molar-refractivity contribution in [3.05, 3.63) is 76.3 Å². The largest absolute Gasteiger partial charge is 0.481 e. The first-order chi connectivity index (χ1) is 14.0. The van der Waals surface area contributed by atoms with E-state index in [0.717, 1.165) is 5.56 Å². The summed E-state index contributed by atoms with van der Waals surface area (Å²) in [5.41, 5.74) is 2.25. The minimum absolute atomic E-state index is 0.184. The van der Waals surface area contributed by atoms with Crippen LogP contribution in [0.4, 0.5) is 10.5 Å². The van der Waals surface area contributed by atoms with E-state index in [1.807, 2.05) is 13.0 Å². The Labute approximate surface area is 168 Å². The van der Waals surface area contributed by atoms with Gasteiger partial charge in [0.2, 0.25) is 11.3 Å². The molecule has 0 bridgehead atoms. The van der Waals surface area contributed by atoms with Gasteiger partial charge >= 0.3 is 6.09 Å². The monoisotopic (exact) mass is 394 g/mol. The number of pyridine rings is 1. The molecular weight excluding hydrogens is 372 g/mol. The van der Waals surface area contributed by atoms with Crippen LogP contribution in [0.5, 0.6) is 5.88 Å². The molecule has 3 aromatic rings. The van der Waals surface area contributed by atoms with Crippen molar-refractivity contribution in [2.24, 2.45) is 0 Å². The standard InChI is InChI=1S/C21H22N4O4/c1-3-10-24(21(27)28)16-6-4-5-15(12-16)13-18-19(26)9-11-25(23-18)17-7-8-20(29-2)22-14-17/h4-9,11-12,14H,3,10,13H2,1-2H3,(H,27,28). The van der Waals surface area contributed by atoms with Gasteiger partial charge in [-0.2, -0.15) is 5.10 Å². The minimum Gasteiger partial charge on any atom is -0.481 e. The Hall–Kier alpha value is -3.68. The van der Waals surface area contributed by atoms with Crippen molar-refractivity contribution in [2.45, 2.75) is 19.8 Å². The van der Waals surface area contributed by atoms with Crippen LogP contribution in [-0.4, -0.2) is 39.6 Å². The van der Waals surface area contributed by atoms with Crippen molar-refractivity contribution >= 4 is 11.8 Å². The molecule has 0 fully saturated rings. The molecule has 2 aromatic heterocycles. The second kappa shape index (κ2) is 9.01. The van der Waals surface area contributed by atoms with E-state index < -0.39 is 6.09 Å². The summed E-state index contributed by atoms with van der Waals surface area (Å²) in [7, 11) is 1.54. The van der Waals surface area contributed by atoms with Gasteiger partial charge in [-0.1, -0.05) is 19.1 Å². The number of ether oxygens (including phenoxy) is 1. The number of anilines is 1. The predicted octanol–water partition coefficient (Wildman–Crippen LogP) is 3.12. The topological polar surface area (TPSA) is 97.6 Å². The molecule has 29 heavy (non-hydrogen) atoms. The average Bonchev–Trinajstić information content (AvgIpc) is 2.73. The zero-order chi connectivity index (χ0) is 20.8. The van der Waals surface area contributed by atoms with E-state index >= 15 is 0 Å². The first kappa shape index (κ1) is 20.1. The summed E-state index contributed by atoms with van der Waals surface area (Å²) < 4.78 is 6.63. The molecule has 0 unspecified atom stereocenters. The van der Waals surface area contributed by atoms with Crippen molar-refractivity contribution in [1.82, 2.24) is 14.8 Å². The van der Waals surface area contributed by atoms with Crippen molar-refractivity contribution in [1.29, 1.82) is 0 Å². The normalized spacial score (nSPS) is 10.6. The van der Waals surface area contributed by atoms with E-state index in [2.05, 4.69) is 10.1 Å². The molecule has 0 aliphatic rings. The lowest BCUT2D eigenvalue weighted by molar-refractivity contribution is 0.202. The van der Waals surface area contributed by atoms with Crippen LogP contribution >= 0.6 is 0 Å². The Kier molecular flexibility index (Phi) is 6.23. The number of aromatic nitrogens is 3. The zero-order valence-corrected chi connectivity index (χ0v) is 16.3. The molecule has 1 N–H and O–H groups in total. The molecule has 0 saturated carbocycles. The van der Waals surface area contributed by atoms with Crippen LogP contribution in [0, 0.1) is 0 Å². The van der Waals surface area contributed by atoms with Crippen molar-refractivity contribution in [3.63, 3.8) is 0 Å². The van der Waals surface area contributed by atoms with E-state index in [4.69, 9.17) is 4.74 Å². The molecule has 3 rings (SSSR count). The SMILES string of the molecule is CCCN(C(=O)O)c1cccc(Cc2nn(-c3ccc(OC)nc3)ccc2=O)c1. The lowest BCUT2D eigenvalue weighted by Gasteiger charge is -2.19. The summed E-state index contributed by atoms with van der Waals surface area (Å²) in [6.07, 6.45) is 3.18. The number of hydrogen-bond donors (Lipinski definition) is 1. The van der Waals surface area contributed by atoms with Gasteiger partial charge in [0.15, 0.2) is 0 Å². The van der Waals surface area contributed by atoms with Gasteiger partial charge in [-0.25, -0.2) is 14.5 Å². The number of amides is 1. The molecule has 0 atom stereocenters. The summed E-state index contributed by atoms with van der Waals surface area (Å²) in [6.45, 7) is 2.32. The summed E-state index contributed by atoms with van der Waals surface area (Å²) >= 11 is 0. The van der Waals surface area contributed by atoms with Gasteiger partial charge in [-0.15, -0.1) is 0 Å². The molecule has 0 spiro atoms. The van der Waals surface area contributed by atoms with Gasteiger partial charge < -0.3 is 9.84 Å². The summed E-state index contributed by atoms with van der Waals surface area (Å²) in [5.74, 6) is 0.488. The molecule has 2 heterocycles. The van der Waals surface area contributed by atoms with Gasteiger partial charge in [0.05, 0.1) is 19.0 Å². The molecule has 150 valence electrons. The molecule has 0 saturated heterocycles. The Bertz CT molecular complexity index is 1050. The van der Waals surface area contributed by atoms with Crippen LogP contribution in [0.1, 0.15) is 24.6 Å². The van der Waals surface area contributed by atoms with Gasteiger partial charge in [-0.05, 0) is 30.2 Å². The van der Waals surface area contributed by atoms with Crippen LogP contribution < -0.4 is 15.1 Å².